The van der Waals surface area contributed by atoms with E-state index in [9.17, 15) is 9.59 Å². The average molecular weight is 330 g/mol. The summed E-state index contributed by atoms with van der Waals surface area (Å²) in [6, 6.07) is -0.741. The number of hydrogen-bond donors (Lipinski definition) is 3. The number of rotatable bonds is 16. The van der Waals surface area contributed by atoms with Gasteiger partial charge >= 0.3 is 11.9 Å². The van der Waals surface area contributed by atoms with Crippen molar-refractivity contribution < 1.29 is 19.4 Å². The fourth-order valence-corrected chi connectivity index (χ4v) is 2.40. The summed E-state index contributed by atoms with van der Waals surface area (Å²) < 4.78 is 5.12. The SMILES string of the molecule is CCCCCCCCCCCCOC(=O)[C@H](CCC(=O)O)NN. The van der Waals surface area contributed by atoms with Crippen molar-refractivity contribution in [1.82, 2.24) is 5.43 Å². The average Bonchev–Trinajstić information content (AvgIpc) is 2.53. The molecule has 4 N–H and O–H groups in total. The molecule has 0 amide bonds. The molecule has 0 spiro atoms. The van der Waals surface area contributed by atoms with Crippen molar-refractivity contribution in [2.75, 3.05) is 6.61 Å². The van der Waals surface area contributed by atoms with Crippen molar-refractivity contribution in [3.8, 4) is 0 Å². The van der Waals surface area contributed by atoms with Crippen LogP contribution in [0.25, 0.3) is 0 Å². The van der Waals surface area contributed by atoms with Crippen LogP contribution in [-0.2, 0) is 14.3 Å². The second-order valence-corrected chi connectivity index (χ2v) is 6.00. The fraction of sp³-hybridized carbons (Fsp3) is 0.882. The first-order chi connectivity index (χ1) is 11.1. The highest BCUT2D eigenvalue weighted by molar-refractivity contribution is 5.76. The Labute approximate surface area is 140 Å². The number of unbranched alkanes of at least 4 members (excludes halogenated alkanes) is 9. The standard InChI is InChI=1S/C17H34N2O4/c1-2-3-4-5-6-7-8-9-10-11-14-23-17(22)15(19-18)12-13-16(20)21/h15,19H,2-14,18H2,1H3,(H,20,21)/t15-/m0/s1. The van der Waals surface area contributed by atoms with Crippen LogP contribution < -0.4 is 11.3 Å². The van der Waals surface area contributed by atoms with E-state index in [2.05, 4.69) is 12.3 Å². The van der Waals surface area contributed by atoms with E-state index in [1.54, 1.807) is 0 Å². The van der Waals surface area contributed by atoms with Gasteiger partial charge in [0.2, 0.25) is 0 Å². The molecule has 23 heavy (non-hydrogen) atoms. The molecule has 136 valence electrons. The first-order valence-corrected chi connectivity index (χ1v) is 8.96. The lowest BCUT2D eigenvalue weighted by Gasteiger charge is -2.13. The number of nitrogens with two attached hydrogens (primary N) is 1. The zero-order valence-electron chi connectivity index (χ0n) is 14.5. The van der Waals surface area contributed by atoms with Crippen LogP contribution in [0.5, 0.6) is 0 Å². The Bertz CT molecular complexity index is 311. The van der Waals surface area contributed by atoms with E-state index in [0.717, 1.165) is 12.8 Å². The van der Waals surface area contributed by atoms with Crippen LogP contribution in [0.1, 0.15) is 84.0 Å². The van der Waals surface area contributed by atoms with Gasteiger partial charge in [-0.1, -0.05) is 64.7 Å². The maximum Gasteiger partial charge on any atom is 0.324 e. The molecule has 0 bridgehead atoms. The van der Waals surface area contributed by atoms with Crippen molar-refractivity contribution in [3.05, 3.63) is 0 Å². The number of nitrogens with one attached hydrogen (secondary N) is 1. The predicted molar refractivity (Wildman–Crippen MR) is 90.8 cm³/mol. The molecule has 6 nitrogen and oxygen atoms in total. The number of esters is 1. The summed E-state index contributed by atoms with van der Waals surface area (Å²) in [5.74, 6) is 3.83. The first kappa shape index (κ1) is 21.9. The van der Waals surface area contributed by atoms with Gasteiger partial charge in [0.05, 0.1) is 6.61 Å². The molecule has 0 aliphatic heterocycles. The molecular weight excluding hydrogens is 296 g/mol. The van der Waals surface area contributed by atoms with Crippen molar-refractivity contribution in [2.45, 2.75) is 90.0 Å². The van der Waals surface area contributed by atoms with Gasteiger partial charge in [-0.2, -0.15) is 0 Å². The number of hydrazine groups is 1. The van der Waals surface area contributed by atoms with Gasteiger partial charge in [0, 0.05) is 6.42 Å². The highest BCUT2D eigenvalue weighted by Crippen LogP contribution is 2.10. The molecule has 0 fully saturated rings. The van der Waals surface area contributed by atoms with Crippen molar-refractivity contribution in [3.63, 3.8) is 0 Å². The van der Waals surface area contributed by atoms with Crippen LogP contribution in [0.2, 0.25) is 0 Å². The molecule has 0 aliphatic carbocycles. The van der Waals surface area contributed by atoms with Gasteiger partial charge in [-0.25, -0.2) is 5.43 Å². The largest absolute Gasteiger partial charge is 0.481 e. The molecule has 0 aliphatic rings. The number of aliphatic carboxylic acids is 1. The lowest BCUT2D eigenvalue weighted by molar-refractivity contribution is -0.146. The third-order valence-corrected chi connectivity index (χ3v) is 3.87. The number of hydrogen-bond acceptors (Lipinski definition) is 5. The summed E-state index contributed by atoms with van der Waals surface area (Å²) in [4.78, 5) is 22.2. The van der Waals surface area contributed by atoms with Crippen LogP contribution in [0, 0.1) is 0 Å². The predicted octanol–water partition coefficient (Wildman–Crippen LogP) is 3.15. The third-order valence-electron chi connectivity index (χ3n) is 3.87. The Hall–Kier alpha value is -1.14. The van der Waals surface area contributed by atoms with Gasteiger partial charge in [-0.15, -0.1) is 0 Å². The van der Waals surface area contributed by atoms with E-state index in [0.29, 0.717) is 6.61 Å². The van der Waals surface area contributed by atoms with E-state index in [1.807, 2.05) is 0 Å². The van der Waals surface area contributed by atoms with E-state index in [4.69, 9.17) is 15.7 Å². The Morgan fingerprint density at radius 1 is 1.00 bits per heavy atom. The number of carbonyl (C=O) groups is 2. The van der Waals surface area contributed by atoms with E-state index < -0.39 is 18.0 Å². The van der Waals surface area contributed by atoms with Crippen LogP contribution in [0.15, 0.2) is 0 Å². The number of carboxylic acids is 1. The zero-order valence-corrected chi connectivity index (χ0v) is 14.5. The minimum absolute atomic E-state index is 0.109. The van der Waals surface area contributed by atoms with Gasteiger partial charge in [-0.3, -0.25) is 15.4 Å². The molecular formula is C17H34N2O4. The molecule has 0 aromatic heterocycles. The second-order valence-electron chi connectivity index (χ2n) is 6.00. The highest BCUT2D eigenvalue weighted by Gasteiger charge is 2.19. The van der Waals surface area contributed by atoms with Crippen LogP contribution in [-0.4, -0.2) is 29.7 Å². The minimum Gasteiger partial charge on any atom is -0.481 e. The molecule has 0 heterocycles. The van der Waals surface area contributed by atoms with Crippen LogP contribution >= 0.6 is 0 Å². The molecule has 0 aromatic carbocycles. The van der Waals surface area contributed by atoms with Gasteiger partial charge in [-0.05, 0) is 12.8 Å². The molecule has 6 heteroatoms. The lowest BCUT2D eigenvalue weighted by Crippen LogP contribution is -2.42. The molecule has 0 saturated heterocycles. The minimum atomic E-state index is -0.951. The Morgan fingerprint density at radius 3 is 2.00 bits per heavy atom. The van der Waals surface area contributed by atoms with Gasteiger partial charge in [0.15, 0.2) is 0 Å². The van der Waals surface area contributed by atoms with Crippen molar-refractivity contribution in [1.29, 1.82) is 0 Å². The quantitative estimate of drug-likeness (QED) is 0.174. The highest BCUT2D eigenvalue weighted by atomic mass is 16.5. The van der Waals surface area contributed by atoms with Crippen LogP contribution in [0.3, 0.4) is 0 Å². The maximum atomic E-state index is 11.7. The van der Waals surface area contributed by atoms with E-state index >= 15 is 0 Å². The van der Waals surface area contributed by atoms with Crippen LogP contribution in [0.4, 0.5) is 0 Å². The Balaban J connectivity index is 3.45. The maximum absolute atomic E-state index is 11.7. The third kappa shape index (κ3) is 14.2. The van der Waals surface area contributed by atoms with E-state index in [1.165, 1.54) is 51.4 Å². The smallest absolute Gasteiger partial charge is 0.324 e. The normalized spacial score (nSPS) is 12.1. The Kier molecular flexibility index (Phi) is 15.0. The first-order valence-electron chi connectivity index (χ1n) is 8.96. The lowest BCUT2D eigenvalue weighted by atomic mass is 10.1. The monoisotopic (exact) mass is 330 g/mol. The number of carboxylic acid groups (broad SMARTS) is 1. The van der Waals surface area contributed by atoms with Crippen molar-refractivity contribution in [2.24, 2.45) is 5.84 Å². The summed E-state index contributed by atoms with van der Waals surface area (Å²) >= 11 is 0. The Morgan fingerprint density at radius 2 is 1.52 bits per heavy atom. The van der Waals surface area contributed by atoms with Crippen molar-refractivity contribution >= 4 is 11.9 Å². The van der Waals surface area contributed by atoms with Gasteiger partial charge in [0.1, 0.15) is 6.04 Å². The molecule has 1 atom stereocenters. The molecule has 0 saturated carbocycles. The zero-order chi connectivity index (χ0) is 17.3. The summed E-state index contributed by atoms with van der Waals surface area (Å²) in [5.41, 5.74) is 2.31. The summed E-state index contributed by atoms with van der Waals surface area (Å²) in [5, 5.41) is 8.60. The fourth-order valence-electron chi connectivity index (χ4n) is 2.40. The van der Waals surface area contributed by atoms with Gasteiger partial charge < -0.3 is 9.84 Å². The number of carbonyl (C=O) groups excluding carboxylic acids is 1. The molecule has 0 radical (unpaired) electrons. The molecule has 0 rings (SSSR count). The van der Waals surface area contributed by atoms with E-state index in [-0.39, 0.29) is 12.8 Å². The summed E-state index contributed by atoms with van der Waals surface area (Å²) in [7, 11) is 0. The topological polar surface area (TPSA) is 102 Å². The summed E-state index contributed by atoms with van der Waals surface area (Å²) in [6.45, 7) is 2.60. The van der Waals surface area contributed by atoms with Gasteiger partial charge in [0.25, 0.3) is 0 Å². The molecule has 0 unspecified atom stereocenters. The summed E-state index contributed by atoms with van der Waals surface area (Å²) in [6.07, 6.45) is 12.3. The number of ether oxygens (including phenoxy) is 1. The molecule has 0 aromatic rings. The second kappa shape index (κ2) is 15.7.